The molecule has 0 radical (unpaired) electrons. The number of carbonyl (C=O) groups is 3. The molecule has 0 spiro atoms. The van der Waals surface area contributed by atoms with Crippen LogP contribution in [0.25, 0.3) is 0 Å². The van der Waals surface area contributed by atoms with E-state index in [1.807, 2.05) is 0 Å². The highest BCUT2D eigenvalue weighted by molar-refractivity contribution is 5.87. The first-order valence-electron chi connectivity index (χ1n) is 6.66. The van der Waals surface area contributed by atoms with Crippen molar-refractivity contribution in [2.24, 2.45) is 11.7 Å². The van der Waals surface area contributed by atoms with E-state index in [4.69, 9.17) is 20.3 Å². The fourth-order valence-electron chi connectivity index (χ4n) is 1.46. The number of carboxylic acid groups (broad SMARTS) is 1. The molecule has 21 heavy (non-hydrogen) atoms. The van der Waals surface area contributed by atoms with Gasteiger partial charge in [0.25, 0.3) is 0 Å². The maximum atomic E-state index is 12.0. The average molecular weight is 303 g/mol. The molecule has 0 aliphatic carbocycles. The molecule has 122 valence electrons. The third kappa shape index (κ3) is 8.29. The summed E-state index contributed by atoms with van der Waals surface area (Å²) in [5.41, 5.74) is 4.11. The molecule has 2 atom stereocenters. The first-order chi connectivity index (χ1) is 9.23. The second-order valence-corrected chi connectivity index (χ2v) is 6.80. The molecule has 0 saturated carbocycles. The Labute approximate surface area is 124 Å². The molecule has 0 aliphatic rings. The van der Waals surface area contributed by atoms with E-state index < -0.39 is 47.5 Å². The van der Waals surface area contributed by atoms with Crippen molar-refractivity contribution in [1.82, 2.24) is 0 Å². The summed E-state index contributed by atoms with van der Waals surface area (Å²) in [6.07, 6.45) is -0.602. The lowest BCUT2D eigenvalue weighted by Gasteiger charge is -2.27. The molecule has 0 fully saturated rings. The highest BCUT2D eigenvalue weighted by Gasteiger charge is 2.38. The van der Waals surface area contributed by atoms with E-state index in [0.29, 0.717) is 0 Å². The van der Waals surface area contributed by atoms with E-state index in [9.17, 15) is 14.4 Å². The van der Waals surface area contributed by atoms with Crippen LogP contribution in [0.5, 0.6) is 0 Å². The van der Waals surface area contributed by atoms with Crippen LogP contribution in [-0.4, -0.2) is 40.3 Å². The monoisotopic (exact) mass is 303 g/mol. The molecule has 0 bridgehead atoms. The molecule has 0 rings (SSSR count). The molecular formula is C14H25NO6. The summed E-state index contributed by atoms with van der Waals surface area (Å²) in [4.78, 5) is 34.8. The van der Waals surface area contributed by atoms with E-state index in [1.54, 1.807) is 41.5 Å². The normalized spacial score (nSPS) is 15.0. The third-order valence-electron chi connectivity index (χ3n) is 2.22. The summed E-state index contributed by atoms with van der Waals surface area (Å²) in [5, 5.41) is 8.88. The minimum atomic E-state index is -1.39. The number of hydrogen-bond acceptors (Lipinski definition) is 6. The van der Waals surface area contributed by atoms with Crippen molar-refractivity contribution >= 4 is 17.9 Å². The molecule has 0 aromatic rings. The molecule has 0 aromatic heterocycles. The summed E-state index contributed by atoms with van der Waals surface area (Å²) in [6, 6.07) is -1.39. The van der Waals surface area contributed by atoms with E-state index in [0.717, 1.165) is 0 Å². The number of ether oxygens (including phenoxy) is 2. The van der Waals surface area contributed by atoms with Crippen LogP contribution in [0.1, 0.15) is 48.0 Å². The standard InChI is InChI=1S/C14H25NO6/c1-13(2,3)20-11(18)8(7-9(16)17)10(15)12(19)21-14(4,5)6/h8,10H,7,15H2,1-6H3,(H,16,17). The van der Waals surface area contributed by atoms with Crippen LogP contribution >= 0.6 is 0 Å². The Morgan fingerprint density at radius 1 is 0.952 bits per heavy atom. The number of esters is 2. The van der Waals surface area contributed by atoms with Gasteiger partial charge in [0.1, 0.15) is 17.2 Å². The number of nitrogens with two attached hydrogens (primary N) is 1. The molecule has 0 aliphatic heterocycles. The van der Waals surface area contributed by atoms with E-state index >= 15 is 0 Å². The zero-order valence-electron chi connectivity index (χ0n) is 13.4. The summed E-state index contributed by atoms with van der Waals surface area (Å²) in [7, 11) is 0. The van der Waals surface area contributed by atoms with E-state index in [1.165, 1.54) is 0 Å². The van der Waals surface area contributed by atoms with Gasteiger partial charge in [0.05, 0.1) is 12.3 Å². The van der Waals surface area contributed by atoms with Gasteiger partial charge in [-0.15, -0.1) is 0 Å². The predicted molar refractivity (Wildman–Crippen MR) is 75.4 cm³/mol. The largest absolute Gasteiger partial charge is 0.481 e. The van der Waals surface area contributed by atoms with Crippen LogP contribution < -0.4 is 5.73 Å². The average Bonchev–Trinajstić information content (AvgIpc) is 2.19. The zero-order valence-corrected chi connectivity index (χ0v) is 13.4. The van der Waals surface area contributed by atoms with Gasteiger partial charge in [-0.3, -0.25) is 14.4 Å². The number of carboxylic acids is 1. The van der Waals surface area contributed by atoms with E-state index in [-0.39, 0.29) is 0 Å². The summed E-state index contributed by atoms with van der Waals surface area (Å²) < 4.78 is 10.2. The van der Waals surface area contributed by atoms with Gasteiger partial charge in [-0.25, -0.2) is 0 Å². The number of aliphatic carboxylic acids is 1. The first kappa shape index (κ1) is 19.4. The number of carbonyl (C=O) groups excluding carboxylic acids is 2. The Balaban J connectivity index is 5.09. The number of hydrogen-bond donors (Lipinski definition) is 2. The van der Waals surface area contributed by atoms with Gasteiger partial charge < -0.3 is 20.3 Å². The van der Waals surface area contributed by atoms with Crippen LogP contribution in [0.2, 0.25) is 0 Å². The van der Waals surface area contributed by atoms with Gasteiger partial charge in [0, 0.05) is 0 Å². The number of rotatable bonds is 5. The molecular weight excluding hydrogens is 278 g/mol. The fourth-order valence-corrected chi connectivity index (χ4v) is 1.46. The van der Waals surface area contributed by atoms with Gasteiger partial charge >= 0.3 is 17.9 Å². The summed E-state index contributed by atoms with van der Waals surface area (Å²) in [5.74, 6) is -4.20. The first-order valence-corrected chi connectivity index (χ1v) is 6.66. The smallest absolute Gasteiger partial charge is 0.324 e. The van der Waals surface area contributed by atoms with Crippen molar-refractivity contribution in [1.29, 1.82) is 0 Å². The topological polar surface area (TPSA) is 116 Å². The Morgan fingerprint density at radius 2 is 1.33 bits per heavy atom. The van der Waals surface area contributed by atoms with E-state index in [2.05, 4.69) is 0 Å². The maximum absolute atomic E-state index is 12.0. The third-order valence-corrected chi connectivity index (χ3v) is 2.22. The van der Waals surface area contributed by atoms with Crippen LogP contribution in [0, 0.1) is 5.92 Å². The molecule has 0 heterocycles. The van der Waals surface area contributed by atoms with Crippen molar-refractivity contribution in [3.63, 3.8) is 0 Å². The van der Waals surface area contributed by atoms with Gasteiger partial charge in [-0.05, 0) is 41.5 Å². The molecule has 0 amide bonds. The maximum Gasteiger partial charge on any atom is 0.324 e. The molecule has 7 heteroatoms. The van der Waals surface area contributed by atoms with Crippen molar-refractivity contribution in [2.75, 3.05) is 0 Å². The fraction of sp³-hybridized carbons (Fsp3) is 0.786. The molecule has 0 aromatic carbocycles. The predicted octanol–water partition coefficient (Wildman–Crippen LogP) is 1.09. The van der Waals surface area contributed by atoms with Gasteiger partial charge in [-0.2, -0.15) is 0 Å². The van der Waals surface area contributed by atoms with Gasteiger partial charge in [-0.1, -0.05) is 0 Å². The molecule has 0 saturated heterocycles. The van der Waals surface area contributed by atoms with Crippen molar-refractivity contribution < 1.29 is 29.0 Å². The summed E-state index contributed by atoms with van der Waals surface area (Å²) >= 11 is 0. The Kier molecular flexibility index (Phi) is 6.35. The Hall–Kier alpha value is -1.63. The highest BCUT2D eigenvalue weighted by Crippen LogP contribution is 2.19. The minimum absolute atomic E-state index is 0.602. The molecule has 2 unspecified atom stereocenters. The minimum Gasteiger partial charge on any atom is -0.481 e. The van der Waals surface area contributed by atoms with Crippen molar-refractivity contribution in [2.45, 2.75) is 65.2 Å². The molecule has 7 nitrogen and oxygen atoms in total. The second kappa shape index (κ2) is 6.89. The van der Waals surface area contributed by atoms with Crippen molar-refractivity contribution in [3.05, 3.63) is 0 Å². The molecule has 3 N–H and O–H groups in total. The Bertz CT molecular complexity index is 405. The lowest BCUT2D eigenvalue weighted by atomic mass is 9.96. The van der Waals surface area contributed by atoms with Crippen molar-refractivity contribution in [3.8, 4) is 0 Å². The lowest BCUT2D eigenvalue weighted by molar-refractivity contribution is -0.170. The second-order valence-electron chi connectivity index (χ2n) is 6.80. The lowest BCUT2D eigenvalue weighted by Crippen LogP contribution is -2.47. The highest BCUT2D eigenvalue weighted by atomic mass is 16.6. The van der Waals surface area contributed by atoms with Gasteiger partial charge in [0.15, 0.2) is 0 Å². The van der Waals surface area contributed by atoms with Crippen LogP contribution in [0.15, 0.2) is 0 Å². The quantitative estimate of drug-likeness (QED) is 0.730. The van der Waals surface area contributed by atoms with Crippen LogP contribution in [-0.2, 0) is 23.9 Å². The van der Waals surface area contributed by atoms with Crippen LogP contribution in [0.4, 0.5) is 0 Å². The SMILES string of the molecule is CC(C)(C)OC(=O)C(N)C(CC(=O)O)C(=O)OC(C)(C)C. The van der Waals surface area contributed by atoms with Crippen LogP contribution in [0.3, 0.4) is 0 Å². The Morgan fingerprint density at radius 3 is 1.67 bits per heavy atom. The zero-order chi connectivity index (χ0) is 17.0. The van der Waals surface area contributed by atoms with Gasteiger partial charge in [0.2, 0.25) is 0 Å². The summed E-state index contributed by atoms with van der Waals surface area (Å²) in [6.45, 7) is 9.87.